The van der Waals surface area contributed by atoms with E-state index in [1.165, 1.54) is 38.5 Å². The molecule has 3 unspecified atom stereocenters. The van der Waals surface area contributed by atoms with Gasteiger partial charge in [0.25, 0.3) is 0 Å². The summed E-state index contributed by atoms with van der Waals surface area (Å²) in [5, 5.41) is 9.45. The fourth-order valence-electron chi connectivity index (χ4n) is 5.01. The van der Waals surface area contributed by atoms with Crippen LogP contribution in [0.4, 0.5) is 0 Å². The number of aliphatic hydroxyl groups is 1. The molecule has 5 nitrogen and oxygen atoms in total. The lowest BCUT2D eigenvalue weighted by Gasteiger charge is -2.45. The molecule has 0 spiro atoms. The van der Waals surface area contributed by atoms with Gasteiger partial charge in [-0.15, -0.1) is 0 Å². The average molecular weight is 338 g/mol. The van der Waals surface area contributed by atoms with Crippen molar-refractivity contribution >= 4 is 5.91 Å². The van der Waals surface area contributed by atoms with Gasteiger partial charge in [-0.3, -0.25) is 14.6 Å². The van der Waals surface area contributed by atoms with Crippen LogP contribution in [0.5, 0.6) is 0 Å². The molecule has 5 heteroatoms. The third-order valence-electron chi connectivity index (χ3n) is 6.53. The first-order valence-corrected chi connectivity index (χ1v) is 10.1. The summed E-state index contributed by atoms with van der Waals surface area (Å²) in [5.41, 5.74) is 0. The van der Waals surface area contributed by atoms with E-state index in [9.17, 15) is 9.90 Å². The fraction of sp³-hybridized carbons (Fsp3) is 0.947. The number of amides is 1. The Morgan fingerprint density at radius 2 is 1.75 bits per heavy atom. The number of carbonyl (C=O) groups excluding carboxylic acids is 1. The van der Waals surface area contributed by atoms with Gasteiger partial charge in [0.2, 0.25) is 5.91 Å². The first-order valence-electron chi connectivity index (χ1n) is 10.1. The highest BCUT2D eigenvalue weighted by atomic mass is 16.3. The van der Waals surface area contributed by atoms with Gasteiger partial charge in [0.05, 0.1) is 13.2 Å². The van der Waals surface area contributed by atoms with Crippen molar-refractivity contribution in [2.45, 2.75) is 64.0 Å². The van der Waals surface area contributed by atoms with Gasteiger partial charge >= 0.3 is 0 Å². The van der Waals surface area contributed by atoms with Crippen LogP contribution in [0.2, 0.25) is 0 Å². The zero-order valence-electron chi connectivity index (χ0n) is 15.3. The lowest BCUT2D eigenvalue weighted by Crippen LogP contribution is -2.56. The molecule has 0 bridgehead atoms. The Hall–Kier alpha value is -0.650. The Balaban J connectivity index is 1.48. The quantitative estimate of drug-likeness (QED) is 0.827. The predicted octanol–water partition coefficient (Wildman–Crippen LogP) is 1.56. The first-order chi connectivity index (χ1) is 11.7. The molecule has 1 amide bonds. The largest absolute Gasteiger partial charge is 0.395 e. The predicted molar refractivity (Wildman–Crippen MR) is 95.9 cm³/mol. The monoisotopic (exact) mass is 337 g/mol. The van der Waals surface area contributed by atoms with Crippen molar-refractivity contribution in [2.75, 3.05) is 45.9 Å². The summed E-state index contributed by atoms with van der Waals surface area (Å²) >= 11 is 0. The van der Waals surface area contributed by atoms with E-state index in [1.807, 2.05) is 0 Å². The number of piperazine rings is 1. The topological polar surface area (TPSA) is 47.0 Å². The van der Waals surface area contributed by atoms with E-state index in [1.54, 1.807) is 0 Å². The molecular formula is C19H35N3O2. The van der Waals surface area contributed by atoms with Gasteiger partial charge in [-0.05, 0) is 38.0 Å². The maximum Gasteiger partial charge on any atom is 0.237 e. The minimum atomic E-state index is 0.242. The molecule has 24 heavy (non-hydrogen) atoms. The number of nitrogens with zero attached hydrogens (tertiary/aromatic N) is 3. The average Bonchev–Trinajstić information content (AvgIpc) is 2.63. The Labute approximate surface area is 147 Å². The Morgan fingerprint density at radius 3 is 2.46 bits per heavy atom. The highest BCUT2D eigenvalue weighted by Crippen LogP contribution is 2.35. The second kappa shape index (κ2) is 8.63. The van der Waals surface area contributed by atoms with E-state index in [0.29, 0.717) is 18.5 Å². The number of fused-ring (bicyclic) bond motifs is 1. The molecule has 3 fully saturated rings. The van der Waals surface area contributed by atoms with E-state index >= 15 is 0 Å². The lowest BCUT2D eigenvalue weighted by molar-refractivity contribution is -0.139. The van der Waals surface area contributed by atoms with Crippen LogP contribution in [0.3, 0.4) is 0 Å². The van der Waals surface area contributed by atoms with Crippen LogP contribution in [-0.2, 0) is 4.79 Å². The standard InChI is InChI=1S/C19H35N3O2/c1-2-17(15-23)21-12-10-20(11-13-21)14-19(24)22-9-5-7-16-6-3-4-8-18(16)22/h16-18,23H,2-15H2,1H3. The second-order valence-corrected chi connectivity index (χ2v) is 7.90. The molecule has 3 atom stereocenters. The fourth-order valence-corrected chi connectivity index (χ4v) is 5.01. The van der Waals surface area contributed by atoms with Crippen LogP contribution in [0, 0.1) is 5.92 Å². The summed E-state index contributed by atoms with van der Waals surface area (Å²) in [6.07, 6.45) is 8.71. The molecule has 2 heterocycles. The van der Waals surface area contributed by atoms with Crippen LogP contribution < -0.4 is 0 Å². The summed E-state index contributed by atoms with van der Waals surface area (Å²) in [4.78, 5) is 19.8. The number of piperidine rings is 1. The molecule has 0 aromatic rings. The van der Waals surface area contributed by atoms with Crippen LogP contribution in [-0.4, -0.2) is 83.7 Å². The first kappa shape index (κ1) is 18.2. The Bertz CT molecular complexity index is 403. The zero-order valence-corrected chi connectivity index (χ0v) is 15.3. The normalized spacial score (nSPS) is 30.8. The lowest BCUT2D eigenvalue weighted by atomic mass is 9.78. The molecule has 2 aliphatic heterocycles. The zero-order chi connectivity index (χ0) is 16.9. The molecule has 1 aliphatic carbocycles. The number of rotatable bonds is 5. The summed E-state index contributed by atoms with van der Waals surface area (Å²) < 4.78 is 0. The van der Waals surface area contributed by atoms with E-state index in [2.05, 4.69) is 21.6 Å². The Morgan fingerprint density at radius 1 is 1.04 bits per heavy atom. The number of hydrogen-bond acceptors (Lipinski definition) is 4. The van der Waals surface area contributed by atoms with Crippen molar-refractivity contribution in [3.05, 3.63) is 0 Å². The van der Waals surface area contributed by atoms with E-state index in [-0.39, 0.29) is 12.6 Å². The highest BCUT2D eigenvalue weighted by Gasteiger charge is 2.36. The van der Waals surface area contributed by atoms with Crippen molar-refractivity contribution in [2.24, 2.45) is 5.92 Å². The number of hydrogen-bond donors (Lipinski definition) is 1. The molecule has 0 radical (unpaired) electrons. The van der Waals surface area contributed by atoms with Crippen LogP contribution in [0.15, 0.2) is 0 Å². The van der Waals surface area contributed by atoms with E-state index in [4.69, 9.17) is 0 Å². The second-order valence-electron chi connectivity index (χ2n) is 7.90. The van der Waals surface area contributed by atoms with Crippen LogP contribution in [0.25, 0.3) is 0 Å². The number of likely N-dealkylation sites (tertiary alicyclic amines) is 1. The van der Waals surface area contributed by atoms with Crippen molar-refractivity contribution in [3.63, 3.8) is 0 Å². The maximum absolute atomic E-state index is 12.9. The molecule has 138 valence electrons. The van der Waals surface area contributed by atoms with E-state index in [0.717, 1.165) is 45.1 Å². The maximum atomic E-state index is 12.9. The molecular weight excluding hydrogens is 302 g/mol. The number of aliphatic hydroxyl groups excluding tert-OH is 1. The van der Waals surface area contributed by atoms with Crippen LogP contribution in [0.1, 0.15) is 51.9 Å². The molecule has 0 aromatic carbocycles. The Kier molecular flexibility index (Phi) is 6.53. The summed E-state index contributed by atoms with van der Waals surface area (Å²) in [7, 11) is 0. The summed E-state index contributed by atoms with van der Waals surface area (Å²) in [6.45, 7) is 7.78. The molecule has 0 aromatic heterocycles. The minimum Gasteiger partial charge on any atom is -0.395 e. The summed E-state index contributed by atoms with van der Waals surface area (Å²) in [6, 6.07) is 0.813. The third-order valence-corrected chi connectivity index (χ3v) is 6.53. The van der Waals surface area contributed by atoms with Gasteiger partial charge in [0, 0.05) is 44.8 Å². The van der Waals surface area contributed by atoms with Gasteiger partial charge in [-0.1, -0.05) is 19.8 Å². The van der Waals surface area contributed by atoms with Crippen LogP contribution >= 0.6 is 0 Å². The van der Waals surface area contributed by atoms with Gasteiger partial charge in [0.15, 0.2) is 0 Å². The number of carbonyl (C=O) groups is 1. The molecule has 1 N–H and O–H groups in total. The molecule has 1 saturated carbocycles. The molecule has 2 saturated heterocycles. The SMILES string of the molecule is CCC(CO)N1CCN(CC(=O)N2CCCC3CCCCC32)CC1. The minimum absolute atomic E-state index is 0.242. The molecule has 3 rings (SSSR count). The summed E-state index contributed by atoms with van der Waals surface area (Å²) in [5.74, 6) is 1.12. The highest BCUT2D eigenvalue weighted by molar-refractivity contribution is 5.78. The van der Waals surface area contributed by atoms with E-state index < -0.39 is 0 Å². The van der Waals surface area contributed by atoms with Crippen molar-refractivity contribution in [1.29, 1.82) is 0 Å². The molecule has 3 aliphatic rings. The smallest absolute Gasteiger partial charge is 0.237 e. The van der Waals surface area contributed by atoms with Gasteiger partial charge in [-0.2, -0.15) is 0 Å². The van der Waals surface area contributed by atoms with Crippen molar-refractivity contribution in [3.8, 4) is 0 Å². The van der Waals surface area contributed by atoms with Gasteiger partial charge < -0.3 is 10.0 Å². The third kappa shape index (κ3) is 4.12. The van der Waals surface area contributed by atoms with Crippen molar-refractivity contribution in [1.82, 2.24) is 14.7 Å². The van der Waals surface area contributed by atoms with Crippen molar-refractivity contribution < 1.29 is 9.90 Å². The van der Waals surface area contributed by atoms with Gasteiger partial charge in [-0.25, -0.2) is 0 Å². The van der Waals surface area contributed by atoms with Gasteiger partial charge in [0.1, 0.15) is 0 Å².